The fourth-order valence-electron chi connectivity index (χ4n) is 1.82. The van der Waals surface area contributed by atoms with E-state index in [1.54, 1.807) is 0 Å². The molecule has 0 aliphatic rings. The maximum Gasteiger partial charge on any atom is -0.000923 e. The maximum absolute atomic E-state index is 2.25. The van der Waals surface area contributed by atoms with Crippen molar-refractivity contribution in [3.8, 4) is 0 Å². The Bertz CT molecular complexity index is 256. The molecule has 0 bridgehead atoms. The van der Waals surface area contributed by atoms with Crippen LogP contribution >= 0.6 is 0 Å². The third-order valence-electron chi connectivity index (χ3n) is 2.54. The van der Waals surface area contributed by atoms with Gasteiger partial charge in [0, 0.05) is 0 Å². The Morgan fingerprint density at radius 1 is 1.15 bits per heavy atom. The first kappa shape index (κ1) is 10.3. The van der Waals surface area contributed by atoms with E-state index in [0.717, 1.165) is 0 Å². The largest absolute Gasteiger partial charge is 0.0617 e. The molecule has 1 aromatic carbocycles. The molecule has 0 atom stereocenters. The molecule has 0 heteroatoms. The third-order valence-corrected chi connectivity index (χ3v) is 2.54. The normalized spacial score (nSPS) is 11.3. The molecule has 71 valence electrons. The Kier molecular flexibility index (Phi) is 3.13. The first-order valence-electron chi connectivity index (χ1n) is 4.94. The van der Waals surface area contributed by atoms with Crippen LogP contribution in [-0.4, -0.2) is 0 Å². The second kappa shape index (κ2) is 3.95. The summed E-state index contributed by atoms with van der Waals surface area (Å²) in [5, 5.41) is 0. The van der Waals surface area contributed by atoms with Gasteiger partial charge in [0.15, 0.2) is 0 Å². The van der Waals surface area contributed by atoms with Crippen molar-refractivity contribution in [2.24, 2.45) is 0 Å². The molecule has 0 N–H and O–H groups in total. The molecular weight excluding hydrogens is 156 g/mol. The lowest BCUT2D eigenvalue weighted by Crippen LogP contribution is -1.99. The Morgan fingerprint density at radius 2 is 1.77 bits per heavy atom. The SMILES string of the molecule is C[C](C)c1cccc(C(C)C)c1C. The molecule has 0 aliphatic heterocycles. The Hall–Kier alpha value is -0.780. The van der Waals surface area contributed by atoms with Gasteiger partial charge >= 0.3 is 0 Å². The van der Waals surface area contributed by atoms with Gasteiger partial charge in [0.1, 0.15) is 0 Å². The van der Waals surface area contributed by atoms with E-state index in [0.29, 0.717) is 5.92 Å². The molecule has 0 spiro atoms. The molecule has 0 aromatic heterocycles. The highest BCUT2D eigenvalue weighted by molar-refractivity contribution is 5.42. The van der Waals surface area contributed by atoms with Gasteiger partial charge in [0.25, 0.3) is 0 Å². The zero-order valence-corrected chi connectivity index (χ0v) is 9.31. The summed E-state index contributed by atoms with van der Waals surface area (Å²) in [4.78, 5) is 0. The first-order chi connectivity index (χ1) is 6.04. The van der Waals surface area contributed by atoms with Crippen LogP contribution in [0.2, 0.25) is 0 Å². The second-order valence-corrected chi connectivity index (χ2v) is 4.17. The van der Waals surface area contributed by atoms with Crippen LogP contribution in [0.5, 0.6) is 0 Å². The van der Waals surface area contributed by atoms with Gasteiger partial charge in [-0.15, -0.1) is 0 Å². The summed E-state index contributed by atoms with van der Waals surface area (Å²) in [7, 11) is 0. The van der Waals surface area contributed by atoms with Crippen molar-refractivity contribution in [2.45, 2.75) is 40.5 Å². The monoisotopic (exact) mass is 175 g/mol. The summed E-state index contributed by atoms with van der Waals surface area (Å²) in [6.07, 6.45) is 0. The van der Waals surface area contributed by atoms with Crippen molar-refractivity contribution in [2.75, 3.05) is 0 Å². The van der Waals surface area contributed by atoms with E-state index in [9.17, 15) is 0 Å². The van der Waals surface area contributed by atoms with E-state index in [1.807, 2.05) is 0 Å². The number of hydrogen-bond acceptors (Lipinski definition) is 0. The fraction of sp³-hybridized carbons (Fsp3) is 0.462. The van der Waals surface area contributed by atoms with Crippen LogP contribution in [0.4, 0.5) is 0 Å². The van der Waals surface area contributed by atoms with Gasteiger partial charge in [-0.2, -0.15) is 0 Å². The van der Waals surface area contributed by atoms with Crippen molar-refractivity contribution >= 4 is 0 Å². The van der Waals surface area contributed by atoms with Crippen molar-refractivity contribution in [3.05, 3.63) is 40.8 Å². The van der Waals surface area contributed by atoms with Gasteiger partial charge < -0.3 is 0 Å². The Balaban J connectivity index is 3.18. The van der Waals surface area contributed by atoms with E-state index >= 15 is 0 Å². The number of benzene rings is 1. The predicted molar refractivity (Wildman–Crippen MR) is 59.0 cm³/mol. The zero-order valence-electron chi connectivity index (χ0n) is 9.31. The van der Waals surface area contributed by atoms with Crippen LogP contribution < -0.4 is 0 Å². The highest BCUT2D eigenvalue weighted by Crippen LogP contribution is 2.25. The lowest BCUT2D eigenvalue weighted by atomic mass is 9.90. The fourth-order valence-corrected chi connectivity index (χ4v) is 1.82. The topological polar surface area (TPSA) is 0 Å². The molecule has 0 nitrogen and oxygen atoms in total. The molecule has 0 fully saturated rings. The Labute approximate surface area is 82.0 Å². The van der Waals surface area contributed by atoms with Gasteiger partial charge in [-0.25, -0.2) is 0 Å². The molecule has 0 aliphatic carbocycles. The zero-order chi connectivity index (χ0) is 10.0. The van der Waals surface area contributed by atoms with Crippen LogP contribution in [0.3, 0.4) is 0 Å². The molecule has 0 saturated heterocycles. The minimum absolute atomic E-state index is 0.624. The van der Waals surface area contributed by atoms with Gasteiger partial charge in [-0.3, -0.25) is 0 Å². The van der Waals surface area contributed by atoms with E-state index < -0.39 is 0 Å². The lowest BCUT2D eigenvalue weighted by molar-refractivity contribution is 0.851. The lowest BCUT2D eigenvalue weighted by Gasteiger charge is -2.15. The van der Waals surface area contributed by atoms with Gasteiger partial charge in [0.2, 0.25) is 0 Å². The quantitative estimate of drug-likeness (QED) is 0.635. The predicted octanol–water partition coefficient (Wildman–Crippen LogP) is 4.08. The van der Waals surface area contributed by atoms with Crippen molar-refractivity contribution < 1.29 is 0 Å². The highest BCUT2D eigenvalue weighted by atomic mass is 14.1. The van der Waals surface area contributed by atoms with Crippen molar-refractivity contribution in [1.82, 2.24) is 0 Å². The summed E-state index contributed by atoms with van der Waals surface area (Å²) in [5.41, 5.74) is 4.32. The average Bonchev–Trinajstić information content (AvgIpc) is 2.03. The van der Waals surface area contributed by atoms with Gasteiger partial charge in [0.05, 0.1) is 0 Å². The minimum atomic E-state index is 0.624. The van der Waals surface area contributed by atoms with Gasteiger partial charge in [-0.05, 0) is 35.4 Å². The summed E-state index contributed by atoms with van der Waals surface area (Å²) in [5.74, 6) is 2.03. The van der Waals surface area contributed by atoms with E-state index in [1.165, 1.54) is 22.6 Å². The molecule has 1 aromatic rings. The summed E-state index contributed by atoms with van der Waals surface area (Å²) in [6.45, 7) is 11.1. The van der Waals surface area contributed by atoms with Crippen LogP contribution in [0.15, 0.2) is 18.2 Å². The second-order valence-electron chi connectivity index (χ2n) is 4.17. The molecule has 0 unspecified atom stereocenters. The Morgan fingerprint density at radius 3 is 2.23 bits per heavy atom. The minimum Gasteiger partial charge on any atom is -0.0617 e. The van der Waals surface area contributed by atoms with Crippen LogP contribution in [0, 0.1) is 12.8 Å². The highest BCUT2D eigenvalue weighted by Gasteiger charge is 2.09. The van der Waals surface area contributed by atoms with E-state index in [2.05, 4.69) is 52.8 Å². The molecule has 0 saturated carbocycles. The molecule has 1 radical (unpaired) electrons. The van der Waals surface area contributed by atoms with Crippen molar-refractivity contribution in [1.29, 1.82) is 0 Å². The average molecular weight is 175 g/mol. The molecule has 1 rings (SSSR count). The summed E-state index contributed by atoms with van der Waals surface area (Å²) in [6, 6.07) is 6.59. The smallest absolute Gasteiger partial charge is 0.000923 e. The van der Waals surface area contributed by atoms with Crippen LogP contribution in [-0.2, 0) is 0 Å². The molecule has 0 amide bonds. The number of hydrogen-bond donors (Lipinski definition) is 0. The van der Waals surface area contributed by atoms with E-state index in [4.69, 9.17) is 0 Å². The number of rotatable bonds is 2. The standard InChI is InChI=1S/C13H19/c1-9(2)12-7-6-8-13(10(3)4)11(12)5/h6-9H,1-5H3. The molecule has 13 heavy (non-hydrogen) atoms. The van der Waals surface area contributed by atoms with E-state index in [-0.39, 0.29) is 0 Å². The molecule has 0 heterocycles. The third kappa shape index (κ3) is 2.12. The van der Waals surface area contributed by atoms with Crippen LogP contribution in [0.1, 0.15) is 50.3 Å². The molecular formula is C13H19. The first-order valence-corrected chi connectivity index (χ1v) is 4.94. The van der Waals surface area contributed by atoms with Crippen LogP contribution in [0.25, 0.3) is 0 Å². The maximum atomic E-state index is 2.25. The summed E-state index contributed by atoms with van der Waals surface area (Å²) < 4.78 is 0. The van der Waals surface area contributed by atoms with Crippen molar-refractivity contribution in [3.63, 3.8) is 0 Å². The summed E-state index contributed by atoms with van der Waals surface area (Å²) >= 11 is 0. The van der Waals surface area contributed by atoms with Gasteiger partial charge in [-0.1, -0.05) is 45.9 Å².